The van der Waals surface area contributed by atoms with Gasteiger partial charge in [-0.25, -0.2) is 0 Å². The Labute approximate surface area is 143 Å². The smallest absolute Gasteiger partial charge is 0.227 e. The number of hydrogen-bond donors (Lipinski definition) is 2. The summed E-state index contributed by atoms with van der Waals surface area (Å²) in [6.45, 7) is 7.56. The molecular weight excluding hydrogens is 308 g/mol. The molecule has 2 rings (SSSR count). The average molecular weight is 336 g/mol. The highest BCUT2D eigenvalue weighted by atomic mass is 16.5. The first-order valence-electron chi connectivity index (χ1n) is 8.74. The summed E-state index contributed by atoms with van der Waals surface area (Å²) in [4.78, 5) is 12.2. The maximum absolute atomic E-state index is 12.2. The molecule has 1 aliphatic heterocycles. The predicted molar refractivity (Wildman–Crippen MR) is 93.9 cm³/mol. The van der Waals surface area contributed by atoms with Crippen molar-refractivity contribution in [2.45, 2.75) is 39.2 Å². The van der Waals surface area contributed by atoms with Crippen molar-refractivity contribution >= 4 is 11.6 Å². The van der Waals surface area contributed by atoms with E-state index >= 15 is 0 Å². The van der Waals surface area contributed by atoms with Gasteiger partial charge >= 0.3 is 0 Å². The highest BCUT2D eigenvalue weighted by Gasteiger charge is 2.17. The average Bonchev–Trinajstić information content (AvgIpc) is 2.60. The third-order valence-corrected chi connectivity index (χ3v) is 3.57. The zero-order valence-corrected chi connectivity index (χ0v) is 14.6. The lowest BCUT2D eigenvalue weighted by molar-refractivity contribution is -0.119. The maximum atomic E-state index is 12.2. The molecule has 1 fully saturated rings. The number of carbonyl (C=O) groups is 1. The molecule has 0 saturated carbocycles. The number of amides is 1. The molecule has 1 heterocycles. The second kappa shape index (κ2) is 10.2. The Morgan fingerprint density at radius 3 is 2.67 bits per heavy atom. The minimum Gasteiger partial charge on any atom is -0.490 e. The van der Waals surface area contributed by atoms with Gasteiger partial charge in [0.05, 0.1) is 32.3 Å². The molecule has 0 aromatic heterocycles. The van der Waals surface area contributed by atoms with Crippen molar-refractivity contribution in [2.75, 3.05) is 38.2 Å². The van der Waals surface area contributed by atoms with Crippen molar-refractivity contribution < 1.29 is 19.0 Å². The molecule has 1 aromatic rings. The molecule has 0 spiro atoms. The van der Waals surface area contributed by atoms with Crippen molar-refractivity contribution in [1.29, 1.82) is 0 Å². The lowest BCUT2D eigenvalue weighted by atomic mass is 10.2. The number of carbonyl (C=O) groups excluding carboxylic acids is 1. The number of benzene rings is 1. The molecule has 0 bridgehead atoms. The van der Waals surface area contributed by atoms with E-state index in [-0.39, 0.29) is 12.0 Å². The summed E-state index contributed by atoms with van der Waals surface area (Å²) in [6.07, 6.45) is 2.12. The van der Waals surface area contributed by atoms with Gasteiger partial charge in [0, 0.05) is 24.8 Å². The van der Waals surface area contributed by atoms with E-state index in [0.29, 0.717) is 50.0 Å². The van der Waals surface area contributed by atoms with Gasteiger partial charge in [-0.05, 0) is 25.0 Å². The maximum Gasteiger partial charge on any atom is 0.227 e. The topological polar surface area (TPSA) is 68.8 Å². The first-order chi connectivity index (χ1) is 11.7. The first-order valence-corrected chi connectivity index (χ1v) is 8.74. The van der Waals surface area contributed by atoms with E-state index in [1.807, 2.05) is 18.2 Å². The Hall–Kier alpha value is -1.79. The molecule has 6 nitrogen and oxygen atoms in total. The Kier molecular flexibility index (Phi) is 7.85. The summed E-state index contributed by atoms with van der Waals surface area (Å²) in [5, 5.41) is 6.13. The van der Waals surface area contributed by atoms with Gasteiger partial charge < -0.3 is 24.8 Å². The van der Waals surface area contributed by atoms with Crippen LogP contribution in [-0.4, -0.2) is 44.9 Å². The van der Waals surface area contributed by atoms with E-state index in [9.17, 15) is 4.79 Å². The Balaban J connectivity index is 1.96. The number of hydrogen-bond acceptors (Lipinski definition) is 5. The fourth-order valence-electron chi connectivity index (χ4n) is 2.41. The summed E-state index contributed by atoms with van der Waals surface area (Å²) >= 11 is 0. The molecule has 1 atom stereocenters. The molecule has 134 valence electrons. The van der Waals surface area contributed by atoms with Crippen molar-refractivity contribution in [3.05, 3.63) is 18.2 Å². The Morgan fingerprint density at radius 1 is 1.25 bits per heavy atom. The van der Waals surface area contributed by atoms with Crippen LogP contribution >= 0.6 is 0 Å². The molecule has 24 heavy (non-hydrogen) atoms. The van der Waals surface area contributed by atoms with Gasteiger partial charge in [-0.1, -0.05) is 13.8 Å². The van der Waals surface area contributed by atoms with Gasteiger partial charge in [-0.2, -0.15) is 0 Å². The lowest BCUT2D eigenvalue weighted by Gasteiger charge is -2.23. The van der Waals surface area contributed by atoms with Crippen LogP contribution in [0.2, 0.25) is 0 Å². The number of nitrogens with one attached hydrogen (secondary N) is 2. The van der Waals surface area contributed by atoms with Gasteiger partial charge in [0.2, 0.25) is 5.91 Å². The number of rotatable bonds is 9. The van der Waals surface area contributed by atoms with E-state index in [4.69, 9.17) is 14.2 Å². The Morgan fingerprint density at radius 2 is 2.00 bits per heavy atom. The summed E-state index contributed by atoms with van der Waals surface area (Å²) in [5.41, 5.74) is 0.707. The van der Waals surface area contributed by atoms with Crippen LogP contribution in [0.15, 0.2) is 18.2 Å². The van der Waals surface area contributed by atoms with Gasteiger partial charge in [-0.15, -0.1) is 0 Å². The van der Waals surface area contributed by atoms with Crippen LogP contribution in [0.5, 0.6) is 11.5 Å². The molecule has 2 N–H and O–H groups in total. The molecule has 1 aromatic carbocycles. The van der Waals surface area contributed by atoms with Crippen molar-refractivity contribution in [3.8, 4) is 11.5 Å². The van der Waals surface area contributed by atoms with Crippen LogP contribution in [0.25, 0.3) is 0 Å². The van der Waals surface area contributed by atoms with Crippen LogP contribution in [0, 0.1) is 0 Å². The van der Waals surface area contributed by atoms with Crippen LogP contribution in [0.3, 0.4) is 0 Å². The molecular formula is C18H28N2O4. The van der Waals surface area contributed by atoms with E-state index in [0.717, 1.165) is 19.4 Å². The number of morpholine rings is 1. The van der Waals surface area contributed by atoms with Crippen molar-refractivity contribution in [3.63, 3.8) is 0 Å². The van der Waals surface area contributed by atoms with Crippen molar-refractivity contribution in [2.24, 2.45) is 0 Å². The molecule has 0 aliphatic carbocycles. The normalized spacial score (nSPS) is 17.3. The highest BCUT2D eigenvalue weighted by molar-refractivity contribution is 5.91. The largest absolute Gasteiger partial charge is 0.490 e. The number of ether oxygens (including phenoxy) is 3. The molecule has 1 saturated heterocycles. The Bertz CT molecular complexity index is 516. The van der Waals surface area contributed by atoms with Gasteiger partial charge in [0.15, 0.2) is 11.5 Å². The van der Waals surface area contributed by atoms with Gasteiger partial charge in [0.1, 0.15) is 0 Å². The zero-order chi connectivity index (χ0) is 17.2. The van der Waals surface area contributed by atoms with E-state index in [1.54, 1.807) is 0 Å². The minimum absolute atomic E-state index is 0.0626. The predicted octanol–water partition coefficient (Wildman–Crippen LogP) is 2.58. The third kappa shape index (κ3) is 6.02. The second-order valence-corrected chi connectivity index (χ2v) is 5.81. The second-order valence-electron chi connectivity index (χ2n) is 5.81. The lowest BCUT2D eigenvalue weighted by Crippen LogP contribution is -2.40. The minimum atomic E-state index is -0.0678. The molecule has 1 unspecified atom stereocenters. The van der Waals surface area contributed by atoms with Crippen LogP contribution in [-0.2, 0) is 9.53 Å². The molecule has 1 amide bonds. The zero-order valence-electron chi connectivity index (χ0n) is 14.6. The number of anilines is 1. The van der Waals surface area contributed by atoms with Crippen LogP contribution in [0.4, 0.5) is 5.69 Å². The third-order valence-electron chi connectivity index (χ3n) is 3.57. The van der Waals surface area contributed by atoms with Crippen molar-refractivity contribution in [1.82, 2.24) is 5.32 Å². The fraction of sp³-hybridized carbons (Fsp3) is 0.611. The molecule has 1 aliphatic rings. The highest BCUT2D eigenvalue weighted by Crippen LogP contribution is 2.31. The van der Waals surface area contributed by atoms with Gasteiger partial charge in [0.25, 0.3) is 0 Å². The summed E-state index contributed by atoms with van der Waals surface area (Å²) in [5.74, 6) is 1.31. The quantitative estimate of drug-likeness (QED) is 0.725. The SMILES string of the molecule is CCCOc1ccc(NC(=O)CC2CNCCO2)cc1OCCC. The van der Waals surface area contributed by atoms with Gasteiger partial charge in [-0.3, -0.25) is 4.79 Å². The van der Waals surface area contributed by atoms with Crippen LogP contribution in [0.1, 0.15) is 33.1 Å². The van der Waals surface area contributed by atoms with E-state index < -0.39 is 0 Å². The molecule has 6 heteroatoms. The molecule has 0 radical (unpaired) electrons. The summed E-state index contributed by atoms with van der Waals surface area (Å²) in [6, 6.07) is 5.50. The standard InChI is InChI=1S/C18H28N2O4/c1-3-8-23-16-6-5-14(11-17(16)24-9-4-2)20-18(21)12-15-13-19-7-10-22-15/h5-6,11,15,19H,3-4,7-10,12-13H2,1-2H3,(H,20,21). The monoisotopic (exact) mass is 336 g/mol. The van der Waals surface area contributed by atoms with E-state index in [2.05, 4.69) is 24.5 Å². The van der Waals surface area contributed by atoms with E-state index in [1.165, 1.54) is 0 Å². The summed E-state index contributed by atoms with van der Waals surface area (Å²) in [7, 11) is 0. The van der Waals surface area contributed by atoms with Crippen LogP contribution < -0.4 is 20.1 Å². The fourth-order valence-corrected chi connectivity index (χ4v) is 2.41. The summed E-state index contributed by atoms with van der Waals surface area (Å²) < 4.78 is 17.0. The first kappa shape index (κ1) is 18.5.